The maximum absolute atomic E-state index is 13.4. The number of thioether (sulfide) groups is 1. The van der Waals surface area contributed by atoms with Crippen molar-refractivity contribution in [3.05, 3.63) is 100 Å². The van der Waals surface area contributed by atoms with E-state index >= 15 is 0 Å². The zero-order chi connectivity index (χ0) is 28.9. The Balaban J connectivity index is 1.55. The number of methoxy groups -OCH3 is 1. The first-order valence-electron chi connectivity index (χ1n) is 13.2. The molecule has 3 amide bonds. The second kappa shape index (κ2) is 12.5. The Bertz CT molecular complexity index is 1420. The van der Waals surface area contributed by atoms with E-state index in [1.54, 1.807) is 19.2 Å². The first-order chi connectivity index (χ1) is 19.1. The molecule has 8 heteroatoms. The molecule has 0 aliphatic carbocycles. The van der Waals surface area contributed by atoms with Gasteiger partial charge in [0.05, 0.1) is 0 Å². The van der Waals surface area contributed by atoms with Crippen LogP contribution in [0.25, 0.3) is 0 Å². The van der Waals surface area contributed by atoms with Gasteiger partial charge in [-0.25, -0.2) is 0 Å². The number of amides is 3. The number of carbonyl (C=O) groups excluding carboxylic acids is 3. The van der Waals surface area contributed by atoms with Crippen molar-refractivity contribution in [1.29, 1.82) is 0 Å². The van der Waals surface area contributed by atoms with E-state index in [4.69, 9.17) is 4.74 Å². The van der Waals surface area contributed by atoms with Crippen LogP contribution in [0, 0.1) is 6.92 Å². The molecule has 208 valence electrons. The van der Waals surface area contributed by atoms with Gasteiger partial charge in [0.25, 0.3) is 17.7 Å². The molecule has 2 N–H and O–H groups in total. The van der Waals surface area contributed by atoms with E-state index in [0.717, 1.165) is 21.7 Å². The van der Waals surface area contributed by atoms with Crippen molar-refractivity contribution in [3.63, 3.8) is 0 Å². The molecule has 0 fully saturated rings. The Morgan fingerprint density at radius 1 is 0.925 bits per heavy atom. The van der Waals surface area contributed by atoms with E-state index in [0.29, 0.717) is 29.2 Å². The van der Waals surface area contributed by atoms with Crippen LogP contribution in [0.1, 0.15) is 48.7 Å². The lowest BCUT2D eigenvalue weighted by Gasteiger charge is -2.19. The average molecular weight is 558 g/mol. The maximum atomic E-state index is 13.4. The molecule has 1 aliphatic rings. The third-order valence-corrected chi connectivity index (χ3v) is 7.57. The second-order valence-corrected chi connectivity index (χ2v) is 11.8. The summed E-state index contributed by atoms with van der Waals surface area (Å²) >= 11 is 1.20. The highest BCUT2D eigenvalue weighted by atomic mass is 32.2. The Morgan fingerprint density at radius 2 is 1.62 bits per heavy atom. The zero-order valence-electron chi connectivity index (χ0n) is 23.5. The molecule has 0 aromatic heterocycles. The molecule has 0 radical (unpaired) electrons. The molecular weight excluding hydrogens is 522 g/mol. The predicted molar refractivity (Wildman–Crippen MR) is 160 cm³/mol. The number of nitrogens with zero attached hydrogens (tertiary/aromatic N) is 1. The van der Waals surface area contributed by atoms with E-state index in [1.165, 1.54) is 16.7 Å². The van der Waals surface area contributed by atoms with Gasteiger partial charge in [-0.2, -0.15) is 0 Å². The van der Waals surface area contributed by atoms with E-state index in [2.05, 4.69) is 31.4 Å². The number of imide groups is 1. The standard InChI is InChI=1S/C32H35N3O4S/c1-21-10-16-24(17-11-21)33-27-28(31(38)35(30(27)37)18-7-19-39-5)40-26-9-6-8-25(20-26)34-29(36)22-12-14-23(15-13-22)32(2,3)4/h6,8-17,20,33H,7,18-19H2,1-5H3,(H,34,36). The fraction of sp³-hybridized carbons (Fsp3) is 0.281. The van der Waals surface area contributed by atoms with Crippen molar-refractivity contribution in [3.8, 4) is 0 Å². The monoisotopic (exact) mass is 557 g/mol. The van der Waals surface area contributed by atoms with Crippen LogP contribution < -0.4 is 10.6 Å². The lowest BCUT2D eigenvalue weighted by molar-refractivity contribution is -0.137. The average Bonchev–Trinajstić information content (AvgIpc) is 3.13. The van der Waals surface area contributed by atoms with Crippen molar-refractivity contribution in [2.24, 2.45) is 0 Å². The van der Waals surface area contributed by atoms with Crippen LogP contribution in [0.5, 0.6) is 0 Å². The summed E-state index contributed by atoms with van der Waals surface area (Å²) in [6.07, 6.45) is 0.544. The third kappa shape index (κ3) is 7.00. The van der Waals surface area contributed by atoms with Crippen LogP contribution in [-0.2, 0) is 19.7 Å². The molecular formula is C32H35N3O4S. The molecule has 0 spiro atoms. The Kier molecular flexibility index (Phi) is 9.12. The molecule has 3 aromatic rings. The van der Waals surface area contributed by atoms with Gasteiger partial charge in [0.1, 0.15) is 10.6 Å². The van der Waals surface area contributed by atoms with Crippen molar-refractivity contribution in [2.45, 2.75) is 44.4 Å². The molecule has 0 bridgehead atoms. The number of benzene rings is 3. The first kappa shape index (κ1) is 29.1. The molecule has 0 saturated carbocycles. The first-order valence-corrected chi connectivity index (χ1v) is 14.0. The van der Waals surface area contributed by atoms with Gasteiger partial charge in [-0.1, -0.05) is 68.4 Å². The molecule has 4 rings (SSSR count). The molecule has 40 heavy (non-hydrogen) atoms. The zero-order valence-corrected chi connectivity index (χ0v) is 24.4. The van der Waals surface area contributed by atoms with Crippen molar-refractivity contribution >= 4 is 40.9 Å². The van der Waals surface area contributed by atoms with E-state index < -0.39 is 0 Å². The van der Waals surface area contributed by atoms with Gasteiger partial charge < -0.3 is 15.4 Å². The Labute approximate surface area is 240 Å². The Hall–Kier alpha value is -3.88. The van der Waals surface area contributed by atoms with E-state index in [-0.39, 0.29) is 35.4 Å². The topological polar surface area (TPSA) is 87.7 Å². The molecule has 0 saturated heterocycles. The lowest BCUT2D eigenvalue weighted by Crippen LogP contribution is -2.33. The van der Waals surface area contributed by atoms with Crippen LogP contribution in [0.15, 0.2) is 88.3 Å². The second-order valence-electron chi connectivity index (χ2n) is 10.7. The maximum Gasteiger partial charge on any atom is 0.278 e. The molecule has 0 atom stereocenters. The summed E-state index contributed by atoms with van der Waals surface area (Å²) in [5.41, 5.74) is 4.35. The summed E-state index contributed by atoms with van der Waals surface area (Å²) in [6, 6.07) is 22.5. The van der Waals surface area contributed by atoms with E-state index in [1.807, 2.05) is 67.6 Å². The summed E-state index contributed by atoms with van der Waals surface area (Å²) in [6.45, 7) is 9.08. The van der Waals surface area contributed by atoms with Gasteiger partial charge in [-0.3, -0.25) is 19.3 Å². The van der Waals surface area contributed by atoms with Gasteiger partial charge in [0.2, 0.25) is 0 Å². The lowest BCUT2D eigenvalue weighted by atomic mass is 9.87. The highest BCUT2D eigenvalue weighted by Crippen LogP contribution is 2.37. The molecule has 7 nitrogen and oxygen atoms in total. The van der Waals surface area contributed by atoms with Crippen LogP contribution in [0.3, 0.4) is 0 Å². The predicted octanol–water partition coefficient (Wildman–Crippen LogP) is 6.37. The number of carbonyl (C=O) groups is 3. The molecule has 1 heterocycles. The van der Waals surface area contributed by atoms with Gasteiger partial charge >= 0.3 is 0 Å². The number of hydrogen-bond acceptors (Lipinski definition) is 6. The van der Waals surface area contributed by atoms with E-state index in [9.17, 15) is 14.4 Å². The highest BCUT2D eigenvalue weighted by molar-refractivity contribution is 8.04. The normalized spacial score (nSPS) is 13.7. The SMILES string of the molecule is COCCCN1C(=O)C(Nc2ccc(C)cc2)=C(Sc2cccc(NC(=O)c3ccc(C(C)(C)C)cc3)c2)C1=O. The van der Waals surface area contributed by atoms with Crippen LogP contribution >= 0.6 is 11.8 Å². The van der Waals surface area contributed by atoms with Crippen molar-refractivity contribution in [1.82, 2.24) is 4.90 Å². The minimum Gasteiger partial charge on any atom is -0.385 e. The fourth-order valence-corrected chi connectivity index (χ4v) is 5.20. The highest BCUT2D eigenvalue weighted by Gasteiger charge is 2.38. The number of anilines is 2. The largest absolute Gasteiger partial charge is 0.385 e. The minimum atomic E-state index is -0.368. The smallest absolute Gasteiger partial charge is 0.278 e. The van der Waals surface area contributed by atoms with Crippen molar-refractivity contribution < 1.29 is 19.1 Å². The molecule has 3 aromatic carbocycles. The minimum absolute atomic E-state index is 0.000817. The van der Waals surface area contributed by atoms with Gasteiger partial charge in [-0.05, 0) is 66.8 Å². The number of hydrogen-bond donors (Lipinski definition) is 2. The van der Waals surface area contributed by atoms with Crippen LogP contribution in [0.2, 0.25) is 0 Å². The number of ether oxygens (including phenoxy) is 1. The van der Waals surface area contributed by atoms with Gasteiger partial charge in [0, 0.05) is 42.1 Å². The summed E-state index contributed by atoms with van der Waals surface area (Å²) in [5.74, 6) is -0.943. The number of aryl methyl sites for hydroxylation is 1. The molecule has 1 aliphatic heterocycles. The van der Waals surface area contributed by atoms with Crippen LogP contribution in [-0.4, -0.2) is 42.9 Å². The van der Waals surface area contributed by atoms with Gasteiger partial charge in [0.15, 0.2) is 0 Å². The third-order valence-electron chi connectivity index (χ3n) is 6.50. The summed E-state index contributed by atoms with van der Waals surface area (Å²) in [7, 11) is 1.59. The summed E-state index contributed by atoms with van der Waals surface area (Å²) < 4.78 is 5.11. The van der Waals surface area contributed by atoms with Gasteiger partial charge in [-0.15, -0.1) is 0 Å². The quantitative estimate of drug-likeness (QED) is 0.223. The summed E-state index contributed by atoms with van der Waals surface area (Å²) in [4.78, 5) is 41.9. The fourth-order valence-electron chi connectivity index (χ4n) is 4.19. The van der Waals surface area contributed by atoms with Crippen molar-refractivity contribution in [2.75, 3.05) is 30.9 Å². The number of rotatable bonds is 10. The number of nitrogens with one attached hydrogen (secondary N) is 2. The van der Waals surface area contributed by atoms with Crippen LogP contribution in [0.4, 0.5) is 11.4 Å². The summed E-state index contributed by atoms with van der Waals surface area (Å²) in [5, 5.41) is 6.11. The Morgan fingerprint density at radius 3 is 2.27 bits per heavy atom. The molecule has 0 unspecified atom stereocenters.